The van der Waals surface area contributed by atoms with Crippen LogP contribution in [0.15, 0.2) is 0 Å². The Kier molecular flexibility index (Phi) is 0.353. The van der Waals surface area contributed by atoms with Crippen LogP contribution in [0, 0.1) is 5.63 Å². The quantitative estimate of drug-likeness (QED) is 0.377. The summed E-state index contributed by atoms with van der Waals surface area (Å²) in [6.07, 6.45) is 0. The molecule has 0 bridgehead atoms. The van der Waals surface area contributed by atoms with Crippen LogP contribution in [0.3, 0.4) is 0 Å². The molecule has 1 aliphatic heterocycles. The molecule has 1 rings (SSSR count). The monoisotopic (exact) mass is 71.0 g/mol. The molecule has 0 saturated heterocycles. The second-order valence-corrected chi connectivity index (χ2v) is 2.23. The molecule has 0 aliphatic carbocycles. The Labute approximate surface area is 27.3 Å². The Hall–Kier alpha value is 0.210. The van der Waals surface area contributed by atoms with E-state index in [9.17, 15) is 0 Å². The molecular formula is C3H4P+. The molecule has 0 amide bonds. The van der Waals surface area contributed by atoms with Crippen molar-refractivity contribution in [3.05, 3.63) is 0 Å². The van der Waals surface area contributed by atoms with Crippen molar-refractivity contribution in [2.24, 2.45) is 0 Å². The average molecular weight is 71.0 g/mol. The van der Waals surface area contributed by atoms with Gasteiger partial charge in [-0.3, -0.25) is 0 Å². The second kappa shape index (κ2) is 0.578. The predicted molar refractivity (Wildman–Crippen MR) is 20.3 cm³/mol. The van der Waals surface area contributed by atoms with Gasteiger partial charge in [0.25, 0.3) is 0 Å². The molecule has 1 heterocycles. The first-order valence-electron chi connectivity index (χ1n) is 1.35. The van der Waals surface area contributed by atoms with Crippen molar-refractivity contribution in [3.63, 3.8) is 0 Å². The van der Waals surface area contributed by atoms with Gasteiger partial charge in [-0.05, 0) is 0 Å². The van der Waals surface area contributed by atoms with Crippen LogP contribution < -0.4 is 0 Å². The Morgan fingerprint density at radius 3 is 2.25 bits per heavy atom. The standard InChI is InChI=1S/C3H4P/c1-3-2-4-3/h3H,1H3/q+1/t3-/m1/s1. The Balaban J connectivity index is 2.38. The van der Waals surface area contributed by atoms with Gasteiger partial charge in [-0.2, -0.15) is 0 Å². The molecule has 0 nitrogen and oxygen atoms in total. The molecule has 0 fully saturated rings. The van der Waals surface area contributed by atoms with E-state index in [4.69, 9.17) is 0 Å². The van der Waals surface area contributed by atoms with Gasteiger partial charge < -0.3 is 0 Å². The molecule has 0 aromatic rings. The summed E-state index contributed by atoms with van der Waals surface area (Å²) in [6.45, 7) is 2.15. The van der Waals surface area contributed by atoms with Gasteiger partial charge in [-0.25, -0.2) is 0 Å². The van der Waals surface area contributed by atoms with E-state index in [-0.39, 0.29) is 0 Å². The second-order valence-electron chi connectivity index (χ2n) is 0.934. The topological polar surface area (TPSA) is 0 Å². The normalized spacial score (nSPS) is 33.8. The SMILES string of the molecule is C[C@@H]1C#[P+]1. The van der Waals surface area contributed by atoms with Crippen molar-refractivity contribution in [1.82, 2.24) is 0 Å². The number of hydrogen-bond acceptors (Lipinski definition) is 0. The van der Waals surface area contributed by atoms with Crippen LogP contribution in [-0.4, -0.2) is 5.66 Å². The molecule has 0 spiro atoms. The summed E-state index contributed by atoms with van der Waals surface area (Å²) in [5.74, 6) is 0. The van der Waals surface area contributed by atoms with E-state index in [0.717, 1.165) is 5.66 Å². The maximum absolute atomic E-state index is 3.07. The van der Waals surface area contributed by atoms with E-state index in [1.54, 1.807) is 0 Å². The van der Waals surface area contributed by atoms with Gasteiger partial charge in [-0.15, -0.1) is 0 Å². The zero-order valence-corrected chi connectivity index (χ0v) is 3.42. The minimum absolute atomic E-state index is 0.806. The third-order valence-electron chi connectivity index (χ3n) is 0.387. The Morgan fingerprint density at radius 2 is 2.25 bits per heavy atom. The fraction of sp³-hybridized carbons (Fsp3) is 0.667. The Morgan fingerprint density at radius 1 is 2.00 bits per heavy atom. The maximum atomic E-state index is 3.07. The first-order chi connectivity index (χ1) is 1.89. The molecule has 1 heteroatoms. The van der Waals surface area contributed by atoms with Gasteiger partial charge in [0.05, 0.1) is 0 Å². The van der Waals surface area contributed by atoms with Crippen molar-refractivity contribution >= 4 is 8.04 Å². The van der Waals surface area contributed by atoms with Gasteiger partial charge in [0, 0.05) is 0 Å². The van der Waals surface area contributed by atoms with Crippen molar-refractivity contribution < 1.29 is 0 Å². The van der Waals surface area contributed by atoms with E-state index in [1.807, 2.05) is 0 Å². The molecule has 1 atom stereocenters. The number of hydrogen-bond donors (Lipinski definition) is 0. The first kappa shape index (κ1) is 2.45. The third-order valence-corrected chi connectivity index (χ3v) is 1.16. The zero-order valence-electron chi connectivity index (χ0n) is 2.52. The molecule has 0 N–H and O–H groups in total. The predicted octanol–water partition coefficient (Wildman–Crippen LogP) is 1.29. The first-order valence-corrected chi connectivity index (χ1v) is 2.31. The molecule has 0 unspecified atom stereocenters. The van der Waals surface area contributed by atoms with Crippen LogP contribution in [0.1, 0.15) is 6.92 Å². The van der Waals surface area contributed by atoms with Gasteiger partial charge in [0.2, 0.25) is 0 Å². The van der Waals surface area contributed by atoms with Gasteiger partial charge >= 0.3 is 26.2 Å². The van der Waals surface area contributed by atoms with E-state index in [0.29, 0.717) is 0 Å². The van der Waals surface area contributed by atoms with E-state index in [2.05, 4.69) is 12.6 Å². The summed E-state index contributed by atoms with van der Waals surface area (Å²) in [6, 6.07) is 0. The average Bonchev–Trinajstić information content (AvgIpc) is 1.75. The fourth-order valence-corrected chi connectivity index (χ4v) is 0.224. The third kappa shape index (κ3) is 0.314. The van der Waals surface area contributed by atoms with E-state index in [1.165, 1.54) is 8.04 Å². The Bertz CT molecular complexity index is 67.0. The van der Waals surface area contributed by atoms with Crippen molar-refractivity contribution in [3.8, 4) is 5.63 Å². The molecular weight excluding hydrogens is 67.0 g/mol. The summed E-state index contributed by atoms with van der Waals surface area (Å²) >= 11 is 0. The summed E-state index contributed by atoms with van der Waals surface area (Å²) in [4.78, 5) is 0. The van der Waals surface area contributed by atoms with Crippen LogP contribution in [0.2, 0.25) is 0 Å². The summed E-state index contributed by atoms with van der Waals surface area (Å²) in [7, 11) is 1.42. The molecule has 1 aliphatic rings. The van der Waals surface area contributed by atoms with Crippen molar-refractivity contribution in [1.29, 1.82) is 0 Å². The van der Waals surface area contributed by atoms with Crippen LogP contribution >= 0.6 is 8.04 Å². The summed E-state index contributed by atoms with van der Waals surface area (Å²) in [5.41, 5.74) is 3.88. The van der Waals surface area contributed by atoms with Crippen LogP contribution in [0.5, 0.6) is 0 Å². The molecule has 20 valence electrons. The van der Waals surface area contributed by atoms with Gasteiger partial charge in [-0.1, -0.05) is 0 Å². The molecule has 0 aromatic carbocycles. The van der Waals surface area contributed by atoms with E-state index >= 15 is 0 Å². The molecule has 4 heavy (non-hydrogen) atoms. The fourth-order valence-electron chi connectivity index (χ4n) is 0.0745. The molecule has 0 radical (unpaired) electrons. The molecule has 0 aromatic heterocycles. The summed E-state index contributed by atoms with van der Waals surface area (Å²) in [5, 5.41) is 0. The van der Waals surface area contributed by atoms with Crippen molar-refractivity contribution in [2.45, 2.75) is 12.6 Å². The van der Waals surface area contributed by atoms with Gasteiger partial charge in [0.1, 0.15) is 0 Å². The zero-order chi connectivity index (χ0) is 2.99. The minimum atomic E-state index is 0.806. The van der Waals surface area contributed by atoms with Crippen molar-refractivity contribution in [2.75, 3.05) is 0 Å². The van der Waals surface area contributed by atoms with E-state index < -0.39 is 0 Å². The van der Waals surface area contributed by atoms with Crippen LogP contribution in [0.25, 0.3) is 0 Å². The summed E-state index contributed by atoms with van der Waals surface area (Å²) < 4.78 is 0. The number of rotatable bonds is 0. The molecule has 0 saturated carbocycles. The van der Waals surface area contributed by atoms with Crippen LogP contribution in [0.4, 0.5) is 0 Å². The van der Waals surface area contributed by atoms with Crippen LogP contribution in [-0.2, 0) is 0 Å². The van der Waals surface area contributed by atoms with Gasteiger partial charge in [0.15, 0.2) is 0 Å².